The van der Waals surface area contributed by atoms with Gasteiger partial charge in [0.15, 0.2) is 6.10 Å². The van der Waals surface area contributed by atoms with Crippen LogP contribution in [0.2, 0.25) is 0 Å². The van der Waals surface area contributed by atoms with Gasteiger partial charge in [-0.05, 0) is 31.2 Å². The number of amides is 1. The van der Waals surface area contributed by atoms with E-state index >= 15 is 0 Å². The average Bonchev–Trinajstić information content (AvgIpc) is 2.74. The first-order valence-corrected chi connectivity index (χ1v) is 7.02. The second kappa shape index (κ2) is 6.70. The maximum absolute atomic E-state index is 13.4. The SMILES string of the molecule is CCCNCc1cc(F)ccc1OC1CCN(C)C1=O. The molecule has 1 aliphatic rings. The van der Waals surface area contributed by atoms with Gasteiger partial charge in [0, 0.05) is 32.1 Å². The van der Waals surface area contributed by atoms with Gasteiger partial charge >= 0.3 is 0 Å². The van der Waals surface area contributed by atoms with Crippen LogP contribution in [0.3, 0.4) is 0 Å². The van der Waals surface area contributed by atoms with Gasteiger partial charge in [0.2, 0.25) is 0 Å². The van der Waals surface area contributed by atoms with Crippen molar-refractivity contribution < 1.29 is 13.9 Å². The minimum atomic E-state index is -0.449. The second-order valence-corrected chi connectivity index (χ2v) is 5.08. The van der Waals surface area contributed by atoms with Crippen molar-refractivity contribution in [1.82, 2.24) is 10.2 Å². The number of likely N-dealkylation sites (N-methyl/N-ethyl adjacent to an activating group) is 1. The van der Waals surface area contributed by atoms with Crippen molar-refractivity contribution in [2.75, 3.05) is 20.1 Å². The van der Waals surface area contributed by atoms with Crippen LogP contribution in [-0.2, 0) is 11.3 Å². The van der Waals surface area contributed by atoms with Crippen LogP contribution in [0.1, 0.15) is 25.3 Å². The Morgan fingerprint density at radius 1 is 1.50 bits per heavy atom. The molecule has 1 aromatic rings. The molecule has 1 N–H and O–H groups in total. The summed E-state index contributed by atoms with van der Waals surface area (Å²) in [5.41, 5.74) is 0.751. The van der Waals surface area contributed by atoms with Crippen LogP contribution in [0.25, 0.3) is 0 Å². The summed E-state index contributed by atoms with van der Waals surface area (Å²) in [5.74, 6) is 0.283. The molecule has 0 aliphatic carbocycles. The van der Waals surface area contributed by atoms with Crippen molar-refractivity contribution in [2.45, 2.75) is 32.4 Å². The van der Waals surface area contributed by atoms with Crippen molar-refractivity contribution in [3.05, 3.63) is 29.6 Å². The van der Waals surface area contributed by atoms with Crippen molar-refractivity contribution >= 4 is 5.91 Å². The Hall–Kier alpha value is -1.62. The number of benzene rings is 1. The summed E-state index contributed by atoms with van der Waals surface area (Å²) in [7, 11) is 1.76. The highest BCUT2D eigenvalue weighted by molar-refractivity contribution is 5.83. The molecule has 4 nitrogen and oxygen atoms in total. The molecule has 0 aromatic heterocycles. The molecule has 0 radical (unpaired) electrons. The van der Waals surface area contributed by atoms with Gasteiger partial charge in [-0.25, -0.2) is 4.39 Å². The van der Waals surface area contributed by atoms with Gasteiger partial charge in [0.05, 0.1) is 0 Å². The number of hydrogen-bond donors (Lipinski definition) is 1. The summed E-state index contributed by atoms with van der Waals surface area (Å²) in [6.45, 7) is 4.18. The topological polar surface area (TPSA) is 41.6 Å². The summed E-state index contributed by atoms with van der Waals surface area (Å²) in [5, 5.41) is 3.22. The van der Waals surface area contributed by atoms with Gasteiger partial charge in [0.1, 0.15) is 11.6 Å². The highest BCUT2D eigenvalue weighted by atomic mass is 19.1. The van der Waals surface area contributed by atoms with E-state index < -0.39 is 6.10 Å². The molecule has 5 heteroatoms. The highest BCUT2D eigenvalue weighted by Gasteiger charge is 2.31. The Morgan fingerprint density at radius 2 is 2.30 bits per heavy atom. The fourth-order valence-electron chi connectivity index (χ4n) is 2.25. The summed E-state index contributed by atoms with van der Waals surface area (Å²) in [6, 6.07) is 4.42. The molecule has 2 rings (SSSR count). The monoisotopic (exact) mass is 280 g/mol. The van der Waals surface area contributed by atoms with E-state index in [0.29, 0.717) is 25.3 Å². The standard InChI is InChI=1S/C15H21FN2O2/c1-3-7-17-10-11-9-12(16)4-5-13(11)20-14-6-8-18(2)15(14)19/h4-5,9,14,17H,3,6-8,10H2,1-2H3. The molecule has 1 unspecified atom stereocenters. The van der Waals surface area contributed by atoms with E-state index in [1.54, 1.807) is 18.0 Å². The first kappa shape index (κ1) is 14.8. The molecular weight excluding hydrogens is 259 g/mol. The largest absolute Gasteiger partial charge is 0.480 e. The third kappa shape index (κ3) is 3.48. The number of hydrogen-bond acceptors (Lipinski definition) is 3. The molecule has 1 heterocycles. The minimum absolute atomic E-state index is 0.0122. The molecule has 1 amide bonds. The number of ether oxygens (including phenoxy) is 1. The zero-order valence-corrected chi connectivity index (χ0v) is 12.0. The van der Waals surface area contributed by atoms with Crippen LogP contribution in [0.4, 0.5) is 4.39 Å². The quantitative estimate of drug-likeness (QED) is 0.810. The van der Waals surface area contributed by atoms with Gasteiger partial charge in [-0.3, -0.25) is 4.79 Å². The number of nitrogens with one attached hydrogen (secondary N) is 1. The molecule has 1 aromatic carbocycles. The summed E-state index contributed by atoms with van der Waals surface area (Å²) < 4.78 is 19.1. The summed E-state index contributed by atoms with van der Waals surface area (Å²) in [4.78, 5) is 13.5. The molecule has 0 bridgehead atoms. The summed E-state index contributed by atoms with van der Waals surface area (Å²) in [6.07, 6.45) is 1.24. The van der Waals surface area contributed by atoms with E-state index in [9.17, 15) is 9.18 Å². The lowest BCUT2D eigenvalue weighted by Crippen LogP contribution is -2.29. The second-order valence-electron chi connectivity index (χ2n) is 5.08. The van der Waals surface area contributed by atoms with Gasteiger partial charge in [-0.1, -0.05) is 6.92 Å². The lowest BCUT2D eigenvalue weighted by Gasteiger charge is -2.16. The average molecular weight is 280 g/mol. The van der Waals surface area contributed by atoms with Gasteiger partial charge < -0.3 is 15.0 Å². The molecule has 20 heavy (non-hydrogen) atoms. The van der Waals surface area contributed by atoms with E-state index in [1.165, 1.54) is 12.1 Å². The van der Waals surface area contributed by atoms with E-state index in [1.807, 2.05) is 0 Å². The Labute approximate surface area is 118 Å². The smallest absolute Gasteiger partial charge is 0.263 e. The molecule has 0 spiro atoms. The first-order valence-electron chi connectivity index (χ1n) is 7.02. The van der Waals surface area contributed by atoms with Crippen molar-refractivity contribution in [3.8, 4) is 5.75 Å². The zero-order chi connectivity index (χ0) is 14.5. The number of likely N-dealkylation sites (tertiary alicyclic amines) is 1. The number of carbonyl (C=O) groups excluding carboxylic acids is 1. The maximum atomic E-state index is 13.4. The number of carbonyl (C=O) groups is 1. The Kier molecular flexibility index (Phi) is 4.95. The van der Waals surface area contributed by atoms with Crippen molar-refractivity contribution in [2.24, 2.45) is 0 Å². The van der Waals surface area contributed by atoms with Crippen molar-refractivity contribution in [1.29, 1.82) is 0 Å². The third-order valence-electron chi connectivity index (χ3n) is 3.41. The first-order chi connectivity index (χ1) is 9.61. The van der Waals surface area contributed by atoms with E-state index in [4.69, 9.17) is 4.74 Å². The maximum Gasteiger partial charge on any atom is 0.263 e. The van der Waals surface area contributed by atoms with Gasteiger partial charge in [-0.2, -0.15) is 0 Å². The van der Waals surface area contributed by atoms with Gasteiger partial charge in [0.25, 0.3) is 5.91 Å². The van der Waals surface area contributed by atoms with E-state index in [2.05, 4.69) is 12.2 Å². The summed E-state index contributed by atoms with van der Waals surface area (Å²) >= 11 is 0. The van der Waals surface area contributed by atoms with Crippen LogP contribution in [0.15, 0.2) is 18.2 Å². The van der Waals surface area contributed by atoms with Crippen LogP contribution < -0.4 is 10.1 Å². The Morgan fingerprint density at radius 3 is 2.95 bits per heavy atom. The number of nitrogens with zero attached hydrogens (tertiary/aromatic N) is 1. The molecule has 110 valence electrons. The molecular formula is C15H21FN2O2. The molecule has 0 saturated carbocycles. The van der Waals surface area contributed by atoms with Crippen LogP contribution in [0, 0.1) is 5.82 Å². The Balaban J connectivity index is 2.08. The third-order valence-corrected chi connectivity index (χ3v) is 3.41. The predicted octanol–water partition coefficient (Wildman–Crippen LogP) is 1.93. The molecule has 1 fully saturated rings. The molecule has 1 aliphatic heterocycles. The van der Waals surface area contributed by atoms with Crippen LogP contribution in [-0.4, -0.2) is 37.0 Å². The van der Waals surface area contributed by atoms with Gasteiger partial charge in [-0.15, -0.1) is 0 Å². The fraction of sp³-hybridized carbons (Fsp3) is 0.533. The number of rotatable bonds is 6. The normalized spacial score (nSPS) is 18.6. The van der Waals surface area contributed by atoms with E-state index in [-0.39, 0.29) is 11.7 Å². The van der Waals surface area contributed by atoms with E-state index in [0.717, 1.165) is 18.5 Å². The minimum Gasteiger partial charge on any atom is -0.480 e. The number of halogens is 1. The van der Waals surface area contributed by atoms with Crippen LogP contribution >= 0.6 is 0 Å². The van der Waals surface area contributed by atoms with Crippen molar-refractivity contribution in [3.63, 3.8) is 0 Å². The lowest BCUT2D eigenvalue weighted by molar-refractivity contribution is -0.132. The predicted molar refractivity (Wildman–Crippen MR) is 75.1 cm³/mol. The Bertz CT molecular complexity index is 479. The lowest BCUT2D eigenvalue weighted by atomic mass is 10.2. The zero-order valence-electron chi connectivity index (χ0n) is 12.0. The fourth-order valence-corrected chi connectivity index (χ4v) is 2.25. The van der Waals surface area contributed by atoms with Crippen LogP contribution in [0.5, 0.6) is 5.75 Å². The molecule has 1 atom stereocenters. The molecule has 1 saturated heterocycles. The highest BCUT2D eigenvalue weighted by Crippen LogP contribution is 2.24.